The number of halogens is 1. The number of fused-ring (bicyclic) bond motifs is 1. The molecule has 1 fully saturated rings. The Morgan fingerprint density at radius 2 is 2.11 bits per heavy atom. The lowest BCUT2D eigenvalue weighted by molar-refractivity contribution is 0.0484. The van der Waals surface area contributed by atoms with Gasteiger partial charge in [0.05, 0.1) is 16.6 Å². The van der Waals surface area contributed by atoms with Crippen molar-refractivity contribution >= 4 is 27.0 Å². The van der Waals surface area contributed by atoms with Crippen LogP contribution in [-0.2, 0) is 17.3 Å². The van der Waals surface area contributed by atoms with E-state index in [1.807, 2.05) is 19.2 Å². The number of aromatic nitrogens is 2. The molecule has 1 aromatic carbocycles. The van der Waals surface area contributed by atoms with Crippen LogP contribution in [0.1, 0.15) is 18.7 Å². The van der Waals surface area contributed by atoms with Gasteiger partial charge in [-0.2, -0.15) is 0 Å². The van der Waals surface area contributed by atoms with Gasteiger partial charge in [0, 0.05) is 24.7 Å². The van der Waals surface area contributed by atoms with Gasteiger partial charge in [-0.3, -0.25) is 0 Å². The summed E-state index contributed by atoms with van der Waals surface area (Å²) in [5.74, 6) is 0.957. The summed E-state index contributed by atoms with van der Waals surface area (Å²) in [5.41, 5.74) is 8.25. The number of aryl methyl sites for hydroxylation is 1. The van der Waals surface area contributed by atoms with Gasteiger partial charge in [-0.25, -0.2) is 4.98 Å². The number of ether oxygens (including phenoxy) is 1. The van der Waals surface area contributed by atoms with Gasteiger partial charge in [-0.1, -0.05) is 15.9 Å². The zero-order valence-corrected chi connectivity index (χ0v) is 11.9. The maximum atomic E-state index is 6.51. The van der Waals surface area contributed by atoms with Crippen LogP contribution in [0.5, 0.6) is 0 Å². The minimum absolute atomic E-state index is 0.363. The number of hydrogen-bond donors (Lipinski definition) is 1. The number of nitrogens with two attached hydrogens (primary N) is 1. The molecule has 96 valence electrons. The second kappa shape index (κ2) is 4.33. The highest BCUT2D eigenvalue weighted by molar-refractivity contribution is 9.10. The summed E-state index contributed by atoms with van der Waals surface area (Å²) >= 11 is 3.48. The molecule has 1 aromatic heterocycles. The van der Waals surface area contributed by atoms with E-state index in [1.54, 1.807) is 0 Å². The number of imidazole rings is 1. The first kappa shape index (κ1) is 12.1. The molecule has 0 radical (unpaired) electrons. The summed E-state index contributed by atoms with van der Waals surface area (Å²) in [6.07, 6.45) is 1.65. The average Bonchev–Trinajstić information content (AvgIpc) is 2.68. The van der Waals surface area contributed by atoms with Crippen molar-refractivity contribution in [3.05, 3.63) is 28.5 Å². The molecule has 0 amide bonds. The van der Waals surface area contributed by atoms with Crippen molar-refractivity contribution in [2.75, 3.05) is 13.2 Å². The topological polar surface area (TPSA) is 53.1 Å². The van der Waals surface area contributed by atoms with E-state index in [2.05, 4.69) is 26.6 Å². The fourth-order valence-electron chi connectivity index (χ4n) is 2.58. The van der Waals surface area contributed by atoms with Crippen molar-refractivity contribution < 1.29 is 4.74 Å². The van der Waals surface area contributed by atoms with E-state index in [1.165, 1.54) is 0 Å². The van der Waals surface area contributed by atoms with Crippen LogP contribution in [0.4, 0.5) is 0 Å². The van der Waals surface area contributed by atoms with Crippen molar-refractivity contribution in [3.8, 4) is 0 Å². The number of benzene rings is 1. The monoisotopic (exact) mass is 309 g/mol. The van der Waals surface area contributed by atoms with Gasteiger partial charge in [0.25, 0.3) is 0 Å². The van der Waals surface area contributed by atoms with Crippen LogP contribution in [0, 0.1) is 0 Å². The zero-order valence-electron chi connectivity index (χ0n) is 10.3. The third-order valence-corrected chi connectivity index (χ3v) is 4.17. The van der Waals surface area contributed by atoms with E-state index < -0.39 is 0 Å². The Hall–Kier alpha value is -0.910. The molecule has 1 aliphatic heterocycles. The third kappa shape index (κ3) is 1.86. The van der Waals surface area contributed by atoms with Crippen molar-refractivity contribution in [2.45, 2.75) is 18.4 Å². The van der Waals surface area contributed by atoms with Crippen LogP contribution in [0.2, 0.25) is 0 Å². The van der Waals surface area contributed by atoms with Crippen LogP contribution >= 0.6 is 15.9 Å². The average molecular weight is 310 g/mol. The molecular weight excluding hydrogens is 294 g/mol. The molecule has 3 rings (SSSR count). The maximum Gasteiger partial charge on any atom is 0.129 e. The lowest BCUT2D eigenvalue weighted by Gasteiger charge is -2.32. The van der Waals surface area contributed by atoms with Crippen LogP contribution in [0.3, 0.4) is 0 Å². The van der Waals surface area contributed by atoms with E-state index in [-0.39, 0.29) is 5.54 Å². The van der Waals surface area contributed by atoms with E-state index in [0.29, 0.717) is 13.2 Å². The predicted molar refractivity (Wildman–Crippen MR) is 74.3 cm³/mol. The molecule has 0 aliphatic carbocycles. The lowest BCUT2D eigenvalue weighted by atomic mass is 9.90. The highest BCUT2D eigenvalue weighted by Gasteiger charge is 2.34. The summed E-state index contributed by atoms with van der Waals surface area (Å²) in [5, 5.41) is 0. The Morgan fingerprint density at radius 3 is 2.83 bits per heavy atom. The minimum atomic E-state index is -0.363. The highest BCUT2D eigenvalue weighted by Crippen LogP contribution is 2.31. The molecule has 0 saturated carbocycles. The van der Waals surface area contributed by atoms with Gasteiger partial charge >= 0.3 is 0 Å². The molecule has 5 heteroatoms. The molecule has 2 aromatic rings. The van der Waals surface area contributed by atoms with E-state index in [4.69, 9.17) is 15.5 Å². The normalized spacial score (nSPS) is 19.3. The van der Waals surface area contributed by atoms with E-state index >= 15 is 0 Å². The van der Waals surface area contributed by atoms with Crippen LogP contribution in [0.25, 0.3) is 11.0 Å². The number of rotatable bonds is 1. The Morgan fingerprint density at radius 1 is 1.39 bits per heavy atom. The Labute approximate surface area is 114 Å². The molecular formula is C13H16BrN3O. The standard InChI is InChI=1S/C13H16BrN3O/c1-17-11-3-2-9(14)8-10(11)16-12(17)13(15)4-6-18-7-5-13/h2-3,8H,4-7,15H2,1H3. The van der Waals surface area contributed by atoms with Gasteiger partial charge in [-0.15, -0.1) is 0 Å². The first-order valence-electron chi connectivity index (χ1n) is 6.09. The molecule has 4 nitrogen and oxygen atoms in total. The molecule has 0 unspecified atom stereocenters. The predicted octanol–water partition coefficient (Wildman–Crippen LogP) is 2.30. The quantitative estimate of drug-likeness (QED) is 0.879. The molecule has 2 N–H and O–H groups in total. The zero-order chi connectivity index (χ0) is 12.8. The van der Waals surface area contributed by atoms with Crippen LogP contribution in [-0.4, -0.2) is 22.8 Å². The summed E-state index contributed by atoms with van der Waals surface area (Å²) in [6, 6.07) is 6.13. The molecule has 1 saturated heterocycles. The van der Waals surface area contributed by atoms with E-state index in [9.17, 15) is 0 Å². The minimum Gasteiger partial charge on any atom is -0.381 e. The van der Waals surface area contributed by atoms with Crippen molar-refractivity contribution in [2.24, 2.45) is 12.8 Å². The highest BCUT2D eigenvalue weighted by atomic mass is 79.9. The van der Waals surface area contributed by atoms with Crippen LogP contribution in [0.15, 0.2) is 22.7 Å². The SMILES string of the molecule is Cn1c(C2(N)CCOCC2)nc2cc(Br)ccc21. The van der Waals surface area contributed by atoms with Crippen LogP contribution < -0.4 is 5.73 Å². The molecule has 18 heavy (non-hydrogen) atoms. The van der Waals surface area contributed by atoms with Gasteiger partial charge < -0.3 is 15.0 Å². The Bertz CT molecular complexity index is 587. The maximum absolute atomic E-state index is 6.51. The first-order chi connectivity index (χ1) is 8.60. The Balaban J connectivity index is 2.14. The summed E-state index contributed by atoms with van der Waals surface area (Å²) < 4.78 is 8.54. The fraction of sp³-hybridized carbons (Fsp3) is 0.462. The molecule has 0 spiro atoms. The van der Waals surface area contributed by atoms with Gasteiger partial charge in [0.1, 0.15) is 5.82 Å². The summed E-state index contributed by atoms with van der Waals surface area (Å²) in [4.78, 5) is 4.72. The molecule has 0 bridgehead atoms. The van der Waals surface area contributed by atoms with Crippen molar-refractivity contribution in [3.63, 3.8) is 0 Å². The number of nitrogens with zero attached hydrogens (tertiary/aromatic N) is 2. The van der Waals surface area contributed by atoms with Crippen molar-refractivity contribution in [1.29, 1.82) is 0 Å². The van der Waals surface area contributed by atoms with Gasteiger partial charge in [-0.05, 0) is 31.0 Å². The first-order valence-corrected chi connectivity index (χ1v) is 6.88. The van der Waals surface area contributed by atoms with E-state index in [0.717, 1.165) is 34.2 Å². The molecule has 2 heterocycles. The van der Waals surface area contributed by atoms with Crippen molar-refractivity contribution in [1.82, 2.24) is 9.55 Å². The smallest absolute Gasteiger partial charge is 0.129 e. The lowest BCUT2D eigenvalue weighted by Crippen LogP contribution is -2.44. The molecule has 0 atom stereocenters. The third-order valence-electron chi connectivity index (χ3n) is 3.67. The largest absolute Gasteiger partial charge is 0.381 e. The second-order valence-corrected chi connectivity index (χ2v) is 5.81. The van der Waals surface area contributed by atoms with Gasteiger partial charge in [0.15, 0.2) is 0 Å². The summed E-state index contributed by atoms with van der Waals surface area (Å²) in [7, 11) is 2.03. The fourth-order valence-corrected chi connectivity index (χ4v) is 2.93. The molecule has 1 aliphatic rings. The van der Waals surface area contributed by atoms with Gasteiger partial charge in [0.2, 0.25) is 0 Å². The number of hydrogen-bond acceptors (Lipinski definition) is 3. The Kier molecular flexibility index (Phi) is 2.92. The second-order valence-electron chi connectivity index (χ2n) is 4.90. The summed E-state index contributed by atoms with van der Waals surface area (Å²) in [6.45, 7) is 1.42.